The zero-order valence-electron chi connectivity index (χ0n) is 9.59. The standard InChI is InChI=1S/C13H12N4/c1-16-8-11-12(9-16)15-17(13(11)7-14)10-5-3-2-4-6-10/h2-6H,8-9H2,1H3. The van der Waals surface area contributed by atoms with Crippen molar-refractivity contribution < 1.29 is 0 Å². The predicted octanol–water partition coefficient (Wildman–Crippen LogP) is 1.69. The van der Waals surface area contributed by atoms with Crippen molar-refractivity contribution in [3.8, 4) is 11.8 Å². The highest BCUT2D eigenvalue weighted by atomic mass is 15.3. The monoisotopic (exact) mass is 224 g/mol. The lowest BCUT2D eigenvalue weighted by Gasteiger charge is -2.07. The number of hydrogen-bond donors (Lipinski definition) is 0. The van der Waals surface area contributed by atoms with Crippen LogP contribution < -0.4 is 0 Å². The van der Waals surface area contributed by atoms with Crippen molar-refractivity contribution in [1.82, 2.24) is 14.7 Å². The van der Waals surface area contributed by atoms with E-state index in [0.717, 1.165) is 30.0 Å². The molecule has 1 aromatic heterocycles. The number of benzene rings is 1. The lowest BCUT2D eigenvalue weighted by Crippen LogP contribution is -2.11. The molecule has 84 valence electrons. The molecule has 1 aliphatic heterocycles. The first kappa shape index (κ1) is 10.1. The molecule has 3 rings (SSSR count). The Morgan fingerprint density at radius 1 is 1.24 bits per heavy atom. The molecule has 0 atom stereocenters. The summed E-state index contributed by atoms with van der Waals surface area (Å²) in [6, 6.07) is 12.1. The second-order valence-corrected chi connectivity index (χ2v) is 4.31. The molecule has 0 fully saturated rings. The molecular formula is C13H12N4. The molecule has 4 nitrogen and oxygen atoms in total. The van der Waals surface area contributed by atoms with Gasteiger partial charge in [0.1, 0.15) is 11.8 Å². The van der Waals surface area contributed by atoms with Crippen LogP contribution in [0.15, 0.2) is 30.3 Å². The van der Waals surface area contributed by atoms with Gasteiger partial charge in [-0.1, -0.05) is 18.2 Å². The van der Waals surface area contributed by atoms with Crippen LogP contribution >= 0.6 is 0 Å². The van der Waals surface area contributed by atoms with E-state index in [9.17, 15) is 5.26 Å². The number of nitriles is 1. The number of hydrogen-bond acceptors (Lipinski definition) is 3. The zero-order chi connectivity index (χ0) is 11.8. The third-order valence-electron chi connectivity index (χ3n) is 3.02. The quantitative estimate of drug-likeness (QED) is 0.740. The van der Waals surface area contributed by atoms with Crippen LogP contribution in [0.5, 0.6) is 0 Å². The van der Waals surface area contributed by atoms with Crippen molar-refractivity contribution in [3.05, 3.63) is 47.3 Å². The van der Waals surface area contributed by atoms with Gasteiger partial charge in [-0.15, -0.1) is 0 Å². The smallest absolute Gasteiger partial charge is 0.149 e. The van der Waals surface area contributed by atoms with Crippen LogP contribution in [-0.4, -0.2) is 21.7 Å². The molecule has 4 heteroatoms. The Bertz CT molecular complexity index is 592. The molecule has 0 unspecified atom stereocenters. The van der Waals surface area contributed by atoms with E-state index in [1.54, 1.807) is 4.68 Å². The van der Waals surface area contributed by atoms with Gasteiger partial charge in [0.05, 0.1) is 11.4 Å². The number of fused-ring (bicyclic) bond motifs is 1. The Kier molecular flexibility index (Phi) is 2.20. The maximum absolute atomic E-state index is 9.29. The second-order valence-electron chi connectivity index (χ2n) is 4.31. The third-order valence-corrected chi connectivity index (χ3v) is 3.02. The Hall–Kier alpha value is -2.12. The van der Waals surface area contributed by atoms with Crippen LogP contribution in [0.3, 0.4) is 0 Å². The van der Waals surface area contributed by atoms with Crippen molar-refractivity contribution in [3.63, 3.8) is 0 Å². The maximum atomic E-state index is 9.29. The summed E-state index contributed by atoms with van der Waals surface area (Å²) in [7, 11) is 2.04. The zero-order valence-corrected chi connectivity index (χ0v) is 9.59. The molecular weight excluding hydrogens is 212 g/mol. The molecule has 0 spiro atoms. The van der Waals surface area contributed by atoms with E-state index in [1.165, 1.54) is 0 Å². The SMILES string of the molecule is CN1Cc2nn(-c3ccccc3)c(C#N)c2C1. The van der Waals surface area contributed by atoms with E-state index in [0.29, 0.717) is 5.69 Å². The van der Waals surface area contributed by atoms with Crippen LogP contribution in [-0.2, 0) is 13.1 Å². The number of nitrogens with zero attached hydrogens (tertiary/aromatic N) is 4. The first-order valence-corrected chi connectivity index (χ1v) is 5.54. The lowest BCUT2D eigenvalue weighted by molar-refractivity contribution is 0.347. The van der Waals surface area contributed by atoms with Gasteiger partial charge >= 0.3 is 0 Å². The van der Waals surface area contributed by atoms with Crippen molar-refractivity contribution in [1.29, 1.82) is 5.26 Å². The number of aromatic nitrogens is 2. The van der Waals surface area contributed by atoms with Crippen LogP contribution in [0.25, 0.3) is 5.69 Å². The second kappa shape index (κ2) is 3.72. The van der Waals surface area contributed by atoms with Gasteiger partial charge in [0.15, 0.2) is 0 Å². The van der Waals surface area contributed by atoms with Gasteiger partial charge in [-0.3, -0.25) is 4.90 Å². The summed E-state index contributed by atoms with van der Waals surface area (Å²) in [4.78, 5) is 2.16. The summed E-state index contributed by atoms with van der Waals surface area (Å²) in [6.07, 6.45) is 0. The summed E-state index contributed by atoms with van der Waals surface area (Å²) >= 11 is 0. The van der Waals surface area contributed by atoms with Crippen LogP contribution in [0.1, 0.15) is 17.0 Å². The molecule has 1 aromatic carbocycles. The molecule has 0 aliphatic carbocycles. The average molecular weight is 224 g/mol. The molecule has 0 N–H and O–H groups in total. The lowest BCUT2D eigenvalue weighted by atomic mass is 10.2. The fourth-order valence-electron chi connectivity index (χ4n) is 2.24. The number of para-hydroxylation sites is 1. The summed E-state index contributed by atoms with van der Waals surface area (Å²) < 4.78 is 1.75. The van der Waals surface area contributed by atoms with Crippen LogP contribution in [0.4, 0.5) is 0 Å². The highest BCUT2D eigenvalue weighted by Gasteiger charge is 2.25. The van der Waals surface area contributed by atoms with Crippen molar-refractivity contribution in [2.75, 3.05) is 7.05 Å². The minimum absolute atomic E-state index is 0.663. The van der Waals surface area contributed by atoms with Gasteiger partial charge in [-0.25, -0.2) is 4.68 Å². The molecule has 1 aliphatic rings. The highest BCUT2D eigenvalue weighted by molar-refractivity contribution is 5.44. The molecule has 17 heavy (non-hydrogen) atoms. The van der Waals surface area contributed by atoms with E-state index in [2.05, 4.69) is 16.1 Å². The minimum Gasteiger partial charge on any atom is -0.296 e. The van der Waals surface area contributed by atoms with Crippen molar-refractivity contribution >= 4 is 0 Å². The summed E-state index contributed by atoms with van der Waals surface area (Å²) in [6.45, 7) is 1.63. The molecule has 0 saturated heterocycles. The predicted molar refractivity (Wildman–Crippen MR) is 63.5 cm³/mol. The number of rotatable bonds is 1. The Morgan fingerprint density at radius 2 is 2.00 bits per heavy atom. The van der Waals surface area contributed by atoms with Gasteiger partial charge in [-0.2, -0.15) is 10.4 Å². The Balaban J connectivity index is 2.15. The molecule has 0 amide bonds. The molecule has 0 bridgehead atoms. The van der Waals surface area contributed by atoms with Crippen LogP contribution in [0.2, 0.25) is 0 Å². The summed E-state index contributed by atoms with van der Waals surface area (Å²) in [5.74, 6) is 0. The first-order valence-electron chi connectivity index (χ1n) is 5.54. The maximum Gasteiger partial charge on any atom is 0.149 e. The first-order chi connectivity index (χ1) is 8.29. The van der Waals surface area contributed by atoms with Crippen molar-refractivity contribution in [2.45, 2.75) is 13.1 Å². The topological polar surface area (TPSA) is 44.9 Å². The van der Waals surface area contributed by atoms with Gasteiger partial charge in [0.2, 0.25) is 0 Å². The Labute approximate surface area is 99.7 Å². The fourth-order valence-corrected chi connectivity index (χ4v) is 2.24. The fraction of sp³-hybridized carbons (Fsp3) is 0.231. The Morgan fingerprint density at radius 3 is 2.71 bits per heavy atom. The third kappa shape index (κ3) is 1.52. The molecule has 2 heterocycles. The normalized spacial score (nSPS) is 14.6. The van der Waals surface area contributed by atoms with E-state index in [4.69, 9.17) is 0 Å². The van der Waals surface area contributed by atoms with E-state index in [-0.39, 0.29) is 0 Å². The minimum atomic E-state index is 0.663. The van der Waals surface area contributed by atoms with Gasteiger partial charge < -0.3 is 0 Å². The van der Waals surface area contributed by atoms with E-state index >= 15 is 0 Å². The summed E-state index contributed by atoms with van der Waals surface area (Å²) in [5.41, 5.74) is 3.70. The van der Waals surface area contributed by atoms with Crippen LogP contribution in [0, 0.1) is 11.3 Å². The van der Waals surface area contributed by atoms with Gasteiger partial charge in [0, 0.05) is 18.7 Å². The molecule has 2 aromatic rings. The van der Waals surface area contributed by atoms with Gasteiger partial charge in [-0.05, 0) is 19.2 Å². The van der Waals surface area contributed by atoms with Gasteiger partial charge in [0.25, 0.3) is 0 Å². The largest absolute Gasteiger partial charge is 0.296 e. The average Bonchev–Trinajstić information content (AvgIpc) is 2.85. The van der Waals surface area contributed by atoms with E-state index < -0.39 is 0 Å². The highest BCUT2D eigenvalue weighted by Crippen LogP contribution is 2.25. The van der Waals surface area contributed by atoms with Crippen molar-refractivity contribution in [2.24, 2.45) is 0 Å². The molecule has 0 saturated carbocycles. The molecule has 0 radical (unpaired) electrons. The summed E-state index contributed by atoms with van der Waals surface area (Å²) in [5, 5.41) is 13.8. The van der Waals surface area contributed by atoms with E-state index in [1.807, 2.05) is 37.4 Å².